The fraction of sp³-hybridized carbons (Fsp3) is 0.500. The summed E-state index contributed by atoms with van der Waals surface area (Å²) in [7, 11) is 0. The van der Waals surface area contributed by atoms with Crippen molar-refractivity contribution in [3.63, 3.8) is 0 Å². The summed E-state index contributed by atoms with van der Waals surface area (Å²) < 4.78 is 4.87. The second kappa shape index (κ2) is 9.10. The Balaban J connectivity index is 2.16. The fourth-order valence-corrected chi connectivity index (χ4v) is 2.97. The lowest BCUT2D eigenvalue weighted by Crippen LogP contribution is -2.03. The molecule has 0 saturated heterocycles. The molecule has 0 saturated carbocycles. The molecular weight excluding hydrogens is 282 g/mol. The number of rotatable bonds is 8. The summed E-state index contributed by atoms with van der Waals surface area (Å²) in [5, 5.41) is 0.705. The Morgan fingerprint density at radius 3 is 2.84 bits per heavy atom. The number of anilines is 1. The third kappa shape index (κ3) is 6.21. The maximum Gasteiger partial charge on any atom is 0.305 e. The highest BCUT2D eigenvalue weighted by Crippen LogP contribution is 2.32. The Morgan fingerprint density at radius 1 is 1.37 bits per heavy atom. The largest absolute Gasteiger partial charge is 0.466 e. The number of thioether (sulfide) groups is 1. The van der Waals surface area contributed by atoms with E-state index in [4.69, 9.17) is 22.1 Å². The van der Waals surface area contributed by atoms with Crippen molar-refractivity contribution in [2.24, 2.45) is 0 Å². The van der Waals surface area contributed by atoms with Crippen LogP contribution in [-0.2, 0) is 9.53 Å². The minimum absolute atomic E-state index is 0.106. The molecule has 3 nitrogen and oxygen atoms in total. The molecule has 0 bridgehead atoms. The van der Waals surface area contributed by atoms with Crippen LogP contribution in [0, 0.1) is 0 Å². The van der Waals surface area contributed by atoms with Gasteiger partial charge >= 0.3 is 5.97 Å². The van der Waals surface area contributed by atoms with Crippen LogP contribution in [0.15, 0.2) is 23.1 Å². The Labute approximate surface area is 123 Å². The first-order valence-electron chi connectivity index (χ1n) is 6.47. The number of halogens is 1. The van der Waals surface area contributed by atoms with Crippen molar-refractivity contribution < 1.29 is 9.53 Å². The molecule has 1 aromatic carbocycles. The molecule has 5 heteroatoms. The molecule has 0 radical (unpaired) electrons. The van der Waals surface area contributed by atoms with Crippen LogP contribution in [0.5, 0.6) is 0 Å². The number of nitrogen functional groups attached to an aromatic ring is 1. The zero-order valence-corrected chi connectivity index (χ0v) is 12.7. The van der Waals surface area contributed by atoms with Crippen molar-refractivity contribution >= 4 is 35.0 Å². The van der Waals surface area contributed by atoms with Crippen LogP contribution in [0.25, 0.3) is 0 Å². The predicted molar refractivity (Wildman–Crippen MR) is 81.7 cm³/mol. The molecule has 0 aromatic heterocycles. The van der Waals surface area contributed by atoms with Crippen LogP contribution >= 0.6 is 23.4 Å². The molecule has 0 aliphatic rings. The molecule has 0 fully saturated rings. The van der Waals surface area contributed by atoms with E-state index in [9.17, 15) is 4.79 Å². The molecule has 0 aliphatic carbocycles. The molecule has 0 aliphatic heterocycles. The number of benzene rings is 1. The molecule has 106 valence electrons. The van der Waals surface area contributed by atoms with Gasteiger partial charge in [0.1, 0.15) is 0 Å². The molecule has 19 heavy (non-hydrogen) atoms. The monoisotopic (exact) mass is 301 g/mol. The van der Waals surface area contributed by atoms with Gasteiger partial charge in [-0.3, -0.25) is 4.79 Å². The summed E-state index contributed by atoms with van der Waals surface area (Å²) in [6, 6.07) is 5.55. The van der Waals surface area contributed by atoms with Crippen molar-refractivity contribution in [3.05, 3.63) is 23.2 Å². The van der Waals surface area contributed by atoms with Crippen molar-refractivity contribution in [1.29, 1.82) is 0 Å². The topological polar surface area (TPSA) is 52.3 Å². The van der Waals surface area contributed by atoms with Gasteiger partial charge in [0.2, 0.25) is 0 Å². The highest BCUT2D eigenvalue weighted by molar-refractivity contribution is 7.99. The van der Waals surface area contributed by atoms with Crippen molar-refractivity contribution in [1.82, 2.24) is 0 Å². The molecule has 0 amide bonds. The molecule has 1 aromatic rings. The van der Waals surface area contributed by atoms with Gasteiger partial charge in [0.15, 0.2) is 0 Å². The maximum atomic E-state index is 11.1. The van der Waals surface area contributed by atoms with E-state index in [0.29, 0.717) is 18.1 Å². The van der Waals surface area contributed by atoms with Crippen molar-refractivity contribution in [2.75, 3.05) is 18.1 Å². The molecule has 0 atom stereocenters. The second-order valence-electron chi connectivity index (χ2n) is 4.12. The predicted octanol–water partition coefficient (Wildman–Crippen LogP) is 4.14. The zero-order chi connectivity index (χ0) is 14.1. The third-order valence-corrected chi connectivity index (χ3v) is 4.24. The summed E-state index contributed by atoms with van der Waals surface area (Å²) in [5.41, 5.74) is 6.59. The standard InChI is InChI=1S/C14H20ClNO2S/c1-2-18-13(17)9-4-3-5-10-19-14-11(15)7-6-8-12(14)16/h6-8H,2-5,9-10,16H2,1H3. The Kier molecular flexibility index (Phi) is 7.75. The van der Waals surface area contributed by atoms with Crippen LogP contribution in [0.2, 0.25) is 5.02 Å². The number of hydrogen-bond acceptors (Lipinski definition) is 4. The first-order chi connectivity index (χ1) is 9.15. The van der Waals surface area contributed by atoms with Gasteiger partial charge in [0.25, 0.3) is 0 Å². The first kappa shape index (κ1) is 16.2. The van der Waals surface area contributed by atoms with Gasteiger partial charge in [-0.15, -0.1) is 11.8 Å². The number of hydrogen-bond donors (Lipinski definition) is 1. The molecule has 0 heterocycles. The summed E-state index contributed by atoms with van der Waals surface area (Å²) in [6.07, 6.45) is 3.43. The normalized spacial score (nSPS) is 10.4. The average molecular weight is 302 g/mol. The lowest BCUT2D eigenvalue weighted by molar-refractivity contribution is -0.143. The lowest BCUT2D eigenvalue weighted by atomic mass is 10.2. The number of unbranched alkanes of at least 4 members (excludes halogenated alkanes) is 2. The van der Waals surface area contributed by atoms with Crippen LogP contribution < -0.4 is 5.73 Å². The lowest BCUT2D eigenvalue weighted by Gasteiger charge is -2.07. The van der Waals surface area contributed by atoms with Crippen molar-refractivity contribution in [2.45, 2.75) is 37.5 Å². The second-order valence-corrected chi connectivity index (χ2v) is 5.63. The Morgan fingerprint density at radius 2 is 2.16 bits per heavy atom. The number of carbonyl (C=O) groups is 1. The van der Waals surface area contributed by atoms with E-state index < -0.39 is 0 Å². The minimum atomic E-state index is -0.106. The molecule has 0 spiro atoms. The maximum absolute atomic E-state index is 11.1. The van der Waals surface area contributed by atoms with Crippen molar-refractivity contribution in [3.8, 4) is 0 Å². The average Bonchev–Trinajstić information content (AvgIpc) is 2.36. The summed E-state index contributed by atoms with van der Waals surface area (Å²) >= 11 is 7.75. The summed E-state index contributed by atoms with van der Waals surface area (Å²) in [6.45, 7) is 2.28. The zero-order valence-electron chi connectivity index (χ0n) is 11.2. The first-order valence-corrected chi connectivity index (χ1v) is 7.84. The highest BCUT2D eigenvalue weighted by atomic mass is 35.5. The SMILES string of the molecule is CCOC(=O)CCCCCSc1c(N)cccc1Cl. The van der Waals surface area contributed by atoms with E-state index in [2.05, 4.69) is 0 Å². The van der Waals surface area contributed by atoms with E-state index >= 15 is 0 Å². The quantitative estimate of drug-likeness (QED) is 0.339. The van der Waals surface area contributed by atoms with Crippen LogP contribution in [-0.4, -0.2) is 18.3 Å². The van der Waals surface area contributed by atoms with Gasteiger partial charge in [-0.25, -0.2) is 0 Å². The Bertz CT molecular complexity index is 392. The van der Waals surface area contributed by atoms with Gasteiger partial charge in [-0.2, -0.15) is 0 Å². The van der Waals surface area contributed by atoms with Gasteiger partial charge in [0, 0.05) is 17.0 Å². The number of ether oxygens (including phenoxy) is 1. The fourth-order valence-electron chi connectivity index (χ4n) is 1.63. The molecule has 2 N–H and O–H groups in total. The van der Waals surface area contributed by atoms with Gasteiger partial charge in [-0.1, -0.05) is 24.1 Å². The van der Waals surface area contributed by atoms with Gasteiger partial charge in [0.05, 0.1) is 11.6 Å². The Hall–Kier alpha value is -0.870. The minimum Gasteiger partial charge on any atom is -0.466 e. The van der Waals surface area contributed by atoms with E-state index in [1.54, 1.807) is 11.8 Å². The molecule has 1 rings (SSSR count). The summed E-state index contributed by atoms with van der Waals surface area (Å²) in [5.74, 6) is 0.849. The smallest absolute Gasteiger partial charge is 0.305 e. The van der Waals surface area contributed by atoms with E-state index in [-0.39, 0.29) is 5.97 Å². The van der Waals surface area contributed by atoms with Crippen LogP contribution in [0.3, 0.4) is 0 Å². The molecular formula is C14H20ClNO2S. The summed E-state index contributed by atoms with van der Waals surface area (Å²) in [4.78, 5) is 12.1. The van der Waals surface area contributed by atoms with E-state index in [1.807, 2.05) is 25.1 Å². The molecule has 0 unspecified atom stereocenters. The van der Waals surface area contributed by atoms with E-state index in [1.165, 1.54) is 0 Å². The van der Waals surface area contributed by atoms with Crippen LogP contribution in [0.1, 0.15) is 32.6 Å². The highest BCUT2D eigenvalue weighted by Gasteiger charge is 2.05. The van der Waals surface area contributed by atoms with Gasteiger partial charge < -0.3 is 10.5 Å². The number of nitrogens with two attached hydrogens (primary N) is 1. The van der Waals surface area contributed by atoms with Crippen LogP contribution in [0.4, 0.5) is 5.69 Å². The number of carbonyl (C=O) groups excluding carboxylic acids is 1. The third-order valence-electron chi connectivity index (χ3n) is 2.57. The van der Waals surface area contributed by atoms with E-state index in [0.717, 1.165) is 35.6 Å². The van der Waals surface area contributed by atoms with Gasteiger partial charge in [-0.05, 0) is 37.7 Å². The number of esters is 1.